The standard InChI is InChI=1S/C22H22N4O3/c27-19(24-18-9-5-2-6-10-18)15-25-11-13-26(14-12-25)22(28)20-21(29-16-23-20)17-7-3-1-4-8-17/h1-10,16H,11-15H2,(H,24,27). The minimum absolute atomic E-state index is 0.0566. The number of nitrogens with zero attached hydrogens (tertiary/aromatic N) is 3. The molecule has 1 aliphatic heterocycles. The number of hydrogen-bond acceptors (Lipinski definition) is 5. The molecular weight excluding hydrogens is 368 g/mol. The number of piperazine rings is 1. The molecule has 7 heteroatoms. The Morgan fingerprint density at radius 1 is 0.931 bits per heavy atom. The van der Waals surface area contributed by atoms with Gasteiger partial charge < -0.3 is 14.6 Å². The molecule has 0 bridgehead atoms. The number of para-hydroxylation sites is 1. The van der Waals surface area contributed by atoms with Crippen LogP contribution in [0.1, 0.15) is 10.5 Å². The van der Waals surface area contributed by atoms with Gasteiger partial charge in [0.05, 0.1) is 6.54 Å². The van der Waals surface area contributed by atoms with Gasteiger partial charge in [0.25, 0.3) is 5.91 Å². The van der Waals surface area contributed by atoms with E-state index in [1.165, 1.54) is 6.39 Å². The second kappa shape index (κ2) is 8.70. The molecule has 29 heavy (non-hydrogen) atoms. The summed E-state index contributed by atoms with van der Waals surface area (Å²) in [7, 11) is 0. The molecule has 1 aliphatic rings. The van der Waals surface area contributed by atoms with Crippen molar-refractivity contribution in [3.05, 3.63) is 72.8 Å². The first-order valence-corrected chi connectivity index (χ1v) is 9.56. The molecule has 148 valence electrons. The Kier molecular flexibility index (Phi) is 5.67. The zero-order valence-corrected chi connectivity index (χ0v) is 16.0. The molecule has 2 amide bonds. The average Bonchev–Trinajstić information content (AvgIpc) is 3.25. The molecule has 0 radical (unpaired) electrons. The fourth-order valence-electron chi connectivity index (χ4n) is 3.38. The number of aromatic nitrogens is 1. The number of carbonyl (C=O) groups excluding carboxylic acids is 2. The highest BCUT2D eigenvalue weighted by molar-refractivity contribution is 5.97. The number of hydrogen-bond donors (Lipinski definition) is 1. The summed E-state index contributed by atoms with van der Waals surface area (Å²) >= 11 is 0. The maximum Gasteiger partial charge on any atom is 0.276 e. The molecule has 4 rings (SSSR count). The highest BCUT2D eigenvalue weighted by Gasteiger charge is 2.27. The van der Waals surface area contributed by atoms with Gasteiger partial charge in [-0.15, -0.1) is 0 Å². The van der Waals surface area contributed by atoms with E-state index in [4.69, 9.17) is 4.42 Å². The van der Waals surface area contributed by atoms with Crippen molar-refractivity contribution in [1.82, 2.24) is 14.8 Å². The van der Waals surface area contributed by atoms with Crippen LogP contribution in [0.5, 0.6) is 0 Å². The predicted molar refractivity (Wildman–Crippen MR) is 109 cm³/mol. The molecular formula is C22H22N4O3. The summed E-state index contributed by atoms with van der Waals surface area (Å²) in [6, 6.07) is 18.9. The topological polar surface area (TPSA) is 78.7 Å². The van der Waals surface area contributed by atoms with Crippen LogP contribution in [0.25, 0.3) is 11.3 Å². The fourth-order valence-corrected chi connectivity index (χ4v) is 3.38. The van der Waals surface area contributed by atoms with Gasteiger partial charge in [0, 0.05) is 37.4 Å². The number of benzene rings is 2. The lowest BCUT2D eigenvalue weighted by molar-refractivity contribution is -0.117. The monoisotopic (exact) mass is 390 g/mol. The molecule has 0 unspecified atom stereocenters. The van der Waals surface area contributed by atoms with Gasteiger partial charge in [0.2, 0.25) is 5.91 Å². The van der Waals surface area contributed by atoms with E-state index >= 15 is 0 Å². The van der Waals surface area contributed by atoms with Crippen LogP contribution in [-0.4, -0.2) is 59.3 Å². The van der Waals surface area contributed by atoms with Crippen LogP contribution in [0, 0.1) is 0 Å². The lowest BCUT2D eigenvalue weighted by Gasteiger charge is -2.34. The molecule has 1 saturated heterocycles. The van der Waals surface area contributed by atoms with E-state index in [-0.39, 0.29) is 11.8 Å². The van der Waals surface area contributed by atoms with Crippen molar-refractivity contribution >= 4 is 17.5 Å². The quantitative estimate of drug-likeness (QED) is 0.725. The second-order valence-corrected chi connectivity index (χ2v) is 6.88. The van der Waals surface area contributed by atoms with Crippen molar-refractivity contribution in [2.24, 2.45) is 0 Å². The van der Waals surface area contributed by atoms with Gasteiger partial charge in [-0.2, -0.15) is 0 Å². The molecule has 7 nitrogen and oxygen atoms in total. The first kappa shape index (κ1) is 18.9. The van der Waals surface area contributed by atoms with Crippen LogP contribution in [0.4, 0.5) is 5.69 Å². The lowest BCUT2D eigenvalue weighted by Crippen LogP contribution is -2.50. The summed E-state index contributed by atoms with van der Waals surface area (Å²) in [6.45, 7) is 2.65. The van der Waals surface area contributed by atoms with Gasteiger partial charge in [-0.1, -0.05) is 48.5 Å². The number of anilines is 1. The minimum atomic E-state index is -0.147. The predicted octanol–water partition coefficient (Wildman–Crippen LogP) is 2.74. The molecule has 1 aromatic heterocycles. The van der Waals surface area contributed by atoms with Gasteiger partial charge in [-0.25, -0.2) is 4.98 Å². The van der Waals surface area contributed by atoms with E-state index in [9.17, 15) is 9.59 Å². The fraction of sp³-hybridized carbons (Fsp3) is 0.227. The molecule has 0 spiro atoms. The average molecular weight is 390 g/mol. The third-order valence-corrected chi connectivity index (χ3v) is 4.89. The van der Waals surface area contributed by atoms with Crippen LogP contribution in [-0.2, 0) is 4.79 Å². The minimum Gasteiger partial charge on any atom is -0.443 e. The van der Waals surface area contributed by atoms with Crippen LogP contribution >= 0.6 is 0 Å². The summed E-state index contributed by atoms with van der Waals surface area (Å²) in [5.41, 5.74) is 1.93. The normalized spacial score (nSPS) is 14.6. The zero-order chi connectivity index (χ0) is 20.1. The molecule has 0 atom stereocenters. The van der Waals surface area contributed by atoms with E-state index in [2.05, 4.69) is 10.3 Å². The maximum absolute atomic E-state index is 12.9. The summed E-state index contributed by atoms with van der Waals surface area (Å²) < 4.78 is 5.47. The second-order valence-electron chi connectivity index (χ2n) is 6.88. The van der Waals surface area contributed by atoms with Crippen LogP contribution in [0.2, 0.25) is 0 Å². The van der Waals surface area contributed by atoms with Crippen LogP contribution in [0.3, 0.4) is 0 Å². The Balaban J connectivity index is 1.33. The molecule has 2 heterocycles. The number of amides is 2. The first-order chi connectivity index (χ1) is 14.2. The summed E-state index contributed by atoms with van der Waals surface area (Å²) in [5, 5.41) is 2.89. The molecule has 2 aromatic carbocycles. The van der Waals surface area contributed by atoms with E-state index in [1.807, 2.05) is 65.6 Å². The summed E-state index contributed by atoms with van der Waals surface area (Å²) in [5.74, 6) is 0.283. The number of oxazole rings is 1. The van der Waals surface area contributed by atoms with Crippen LogP contribution in [0.15, 0.2) is 71.5 Å². The van der Waals surface area contributed by atoms with Crippen LogP contribution < -0.4 is 5.32 Å². The third kappa shape index (κ3) is 4.52. The molecule has 3 aromatic rings. The zero-order valence-electron chi connectivity index (χ0n) is 16.0. The largest absolute Gasteiger partial charge is 0.443 e. The van der Waals surface area contributed by atoms with Crippen molar-refractivity contribution in [2.75, 3.05) is 38.0 Å². The van der Waals surface area contributed by atoms with Gasteiger partial charge in [-0.3, -0.25) is 14.5 Å². The van der Waals surface area contributed by atoms with Crippen molar-refractivity contribution < 1.29 is 14.0 Å². The Morgan fingerprint density at radius 2 is 1.59 bits per heavy atom. The number of nitrogens with one attached hydrogen (secondary N) is 1. The summed E-state index contributed by atoms with van der Waals surface area (Å²) in [4.78, 5) is 33.1. The van der Waals surface area contributed by atoms with E-state index in [0.717, 1.165) is 11.3 Å². The Labute approximate surface area is 169 Å². The molecule has 0 saturated carbocycles. The van der Waals surface area contributed by atoms with Gasteiger partial charge in [0.15, 0.2) is 17.8 Å². The Hall–Kier alpha value is -3.45. The number of carbonyl (C=O) groups is 2. The number of rotatable bonds is 5. The van der Waals surface area contributed by atoms with Crippen molar-refractivity contribution in [1.29, 1.82) is 0 Å². The SMILES string of the molecule is O=C(CN1CCN(C(=O)c2ncoc2-c2ccccc2)CC1)Nc1ccccc1. The highest BCUT2D eigenvalue weighted by Crippen LogP contribution is 2.24. The van der Waals surface area contributed by atoms with Crippen molar-refractivity contribution in [2.45, 2.75) is 0 Å². The first-order valence-electron chi connectivity index (χ1n) is 9.56. The Morgan fingerprint density at radius 3 is 2.28 bits per heavy atom. The smallest absolute Gasteiger partial charge is 0.276 e. The van der Waals surface area contributed by atoms with Crippen molar-refractivity contribution in [3.63, 3.8) is 0 Å². The molecule has 0 aliphatic carbocycles. The van der Waals surface area contributed by atoms with E-state index < -0.39 is 0 Å². The van der Waals surface area contributed by atoms with E-state index in [1.54, 1.807) is 4.90 Å². The summed E-state index contributed by atoms with van der Waals surface area (Å²) in [6.07, 6.45) is 1.31. The van der Waals surface area contributed by atoms with Gasteiger partial charge >= 0.3 is 0 Å². The van der Waals surface area contributed by atoms with Gasteiger partial charge in [0.1, 0.15) is 0 Å². The van der Waals surface area contributed by atoms with Gasteiger partial charge in [-0.05, 0) is 12.1 Å². The third-order valence-electron chi connectivity index (χ3n) is 4.89. The Bertz CT molecular complexity index is 964. The molecule has 1 N–H and O–H groups in total. The maximum atomic E-state index is 12.9. The lowest BCUT2D eigenvalue weighted by atomic mass is 10.1. The highest BCUT2D eigenvalue weighted by atomic mass is 16.3. The van der Waals surface area contributed by atoms with E-state index in [0.29, 0.717) is 44.2 Å². The molecule has 1 fully saturated rings. The van der Waals surface area contributed by atoms with Crippen molar-refractivity contribution in [3.8, 4) is 11.3 Å².